The zero-order valence-electron chi connectivity index (χ0n) is 15.5. The fourth-order valence-corrected chi connectivity index (χ4v) is 2.62. The van der Waals surface area contributed by atoms with Crippen LogP contribution in [0.5, 0.6) is 17.2 Å². The van der Waals surface area contributed by atoms with Crippen molar-refractivity contribution in [3.05, 3.63) is 53.9 Å². The predicted octanol–water partition coefficient (Wildman–Crippen LogP) is 2.62. The lowest BCUT2D eigenvalue weighted by Crippen LogP contribution is -2.29. The summed E-state index contributed by atoms with van der Waals surface area (Å²) in [6, 6.07) is 12.1. The summed E-state index contributed by atoms with van der Waals surface area (Å²) in [5, 5.41) is 14.7. The summed E-state index contributed by atoms with van der Waals surface area (Å²) in [4.78, 5) is 14.8. The Hall–Kier alpha value is -3.52. The number of carboxylic acid groups (broad SMARTS) is 1. The Labute approximate surface area is 171 Å². The van der Waals surface area contributed by atoms with Gasteiger partial charge in [-0.15, -0.1) is 0 Å². The highest BCUT2D eigenvalue weighted by Gasteiger charge is 2.13. The molecule has 29 heavy (non-hydrogen) atoms. The SMILES string of the molecule is COc1ccc(-c2noc(/C(Cl)=C/c3ccc(OCC(=O)[O-])c(OC)c3)n2)cc1. The Morgan fingerprint density at radius 3 is 2.55 bits per heavy atom. The lowest BCUT2D eigenvalue weighted by molar-refractivity contribution is -0.307. The maximum atomic E-state index is 10.5. The van der Waals surface area contributed by atoms with Gasteiger partial charge in [0.05, 0.1) is 20.2 Å². The van der Waals surface area contributed by atoms with Gasteiger partial charge < -0.3 is 28.6 Å². The number of hydrogen-bond donors (Lipinski definition) is 0. The van der Waals surface area contributed by atoms with Crippen LogP contribution in [0.1, 0.15) is 11.5 Å². The highest BCUT2D eigenvalue weighted by atomic mass is 35.5. The molecule has 0 saturated heterocycles. The van der Waals surface area contributed by atoms with Crippen LogP contribution in [0.3, 0.4) is 0 Å². The first-order chi connectivity index (χ1) is 14.0. The van der Waals surface area contributed by atoms with Gasteiger partial charge in [-0.25, -0.2) is 0 Å². The highest BCUT2D eigenvalue weighted by Crippen LogP contribution is 2.31. The molecule has 8 nitrogen and oxygen atoms in total. The van der Waals surface area contributed by atoms with Crippen molar-refractivity contribution >= 4 is 28.7 Å². The number of methoxy groups -OCH3 is 2. The monoisotopic (exact) mass is 415 g/mol. The van der Waals surface area contributed by atoms with Gasteiger partial charge in [0.2, 0.25) is 5.82 Å². The largest absolute Gasteiger partial charge is 0.546 e. The molecule has 3 aromatic rings. The van der Waals surface area contributed by atoms with Gasteiger partial charge in [-0.1, -0.05) is 22.8 Å². The molecular weight excluding hydrogens is 400 g/mol. The number of nitrogens with zero attached hydrogens (tertiary/aromatic N) is 2. The van der Waals surface area contributed by atoms with E-state index >= 15 is 0 Å². The van der Waals surface area contributed by atoms with Crippen molar-refractivity contribution in [2.24, 2.45) is 0 Å². The van der Waals surface area contributed by atoms with Crippen molar-refractivity contribution in [3.8, 4) is 28.6 Å². The minimum atomic E-state index is -1.33. The zero-order valence-corrected chi connectivity index (χ0v) is 16.3. The second kappa shape index (κ2) is 9.11. The first-order valence-corrected chi connectivity index (χ1v) is 8.74. The van der Waals surface area contributed by atoms with E-state index in [0.29, 0.717) is 17.1 Å². The van der Waals surface area contributed by atoms with E-state index in [1.165, 1.54) is 7.11 Å². The fourth-order valence-electron chi connectivity index (χ4n) is 2.42. The Morgan fingerprint density at radius 2 is 1.90 bits per heavy atom. The van der Waals surface area contributed by atoms with Crippen LogP contribution in [0.4, 0.5) is 0 Å². The smallest absolute Gasteiger partial charge is 0.269 e. The van der Waals surface area contributed by atoms with E-state index in [4.69, 9.17) is 30.3 Å². The lowest BCUT2D eigenvalue weighted by Gasteiger charge is -2.11. The molecule has 3 rings (SSSR count). The minimum Gasteiger partial charge on any atom is -0.546 e. The van der Waals surface area contributed by atoms with Crippen LogP contribution in [-0.2, 0) is 4.79 Å². The molecular formula is C20H16ClN2O6-. The average molecular weight is 416 g/mol. The molecule has 0 fully saturated rings. The van der Waals surface area contributed by atoms with Gasteiger partial charge in [0, 0.05) is 5.56 Å². The Balaban J connectivity index is 1.80. The van der Waals surface area contributed by atoms with Crippen LogP contribution in [0.25, 0.3) is 22.5 Å². The Bertz CT molecular complexity index is 1030. The van der Waals surface area contributed by atoms with Gasteiger partial charge in [-0.2, -0.15) is 4.98 Å². The standard InChI is InChI=1S/C20H17ClN2O6/c1-26-14-6-4-13(5-7-14)19-22-20(29-23-19)15(21)9-12-3-8-16(17(10-12)27-2)28-11-18(24)25/h3-10H,11H2,1-2H3,(H,24,25)/p-1/b15-9-. The van der Waals surface area contributed by atoms with Crippen molar-refractivity contribution in [2.45, 2.75) is 0 Å². The predicted molar refractivity (Wildman–Crippen MR) is 104 cm³/mol. The molecule has 0 saturated carbocycles. The second-order valence-electron chi connectivity index (χ2n) is 5.71. The maximum absolute atomic E-state index is 10.5. The third kappa shape index (κ3) is 5.05. The molecule has 9 heteroatoms. The summed E-state index contributed by atoms with van der Waals surface area (Å²) in [7, 11) is 3.03. The van der Waals surface area contributed by atoms with Crippen LogP contribution in [0.2, 0.25) is 0 Å². The molecule has 0 radical (unpaired) electrons. The molecule has 0 aliphatic rings. The third-order valence-corrected chi connectivity index (χ3v) is 4.08. The van der Waals surface area contributed by atoms with E-state index in [1.54, 1.807) is 55.7 Å². The van der Waals surface area contributed by atoms with Gasteiger partial charge in [0.1, 0.15) is 17.4 Å². The number of rotatable bonds is 8. The van der Waals surface area contributed by atoms with Gasteiger partial charge in [0.15, 0.2) is 11.5 Å². The summed E-state index contributed by atoms with van der Waals surface area (Å²) >= 11 is 6.31. The molecule has 1 heterocycles. The van der Waals surface area contributed by atoms with Gasteiger partial charge >= 0.3 is 0 Å². The summed E-state index contributed by atoms with van der Waals surface area (Å²) < 4.78 is 20.7. The molecule has 0 unspecified atom stereocenters. The normalized spacial score (nSPS) is 11.2. The summed E-state index contributed by atoms with van der Waals surface area (Å²) in [6.07, 6.45) is 1.61. The summed E-state index contributed by atoms with van der Waals surface area (Å²) in [6.45, 7) is -0.581. The van der Waals surface area contributed by atoms with Crippen LogP contribution in [0, 0.1) is 0 Å². The number of ether oxygens (including phenoxy) is 3. The molecule has 2 aromatic carbocycles. The van der Waals surface area contributed by atoms with E-state index in [2.05, 4.69) is 10.1 Å². The molecule has 0 spiro atoms. The van der Waals surface area contributed by atoms with Crippen molar-refractivity contribution in [1.29, 1.82) is 0 Å². The molecule has 0 N–H and O–H groups in total. The second-order valence-corrected chi connectivity index (χ2v) is 6.12. The number of carbonyl (C=O) groups excluding carboxylic acids is 1. The van der Waals surface area contributed by atoms with Gasteiger partial charge in [0.25, 0.3) is 5.89 Å². The first-order valence-electron chi connectivity index (χ1n) is 8.36. The van der Waals surface area contributed by atoms with Crippen molar-refractivity contribution < 1.29 is 28.6 Å². The van der Waals surface area contributed by atoms with Crippen LogP contribution in [0.15, 0.2) is 47.0 Å². The maximum Gasteiger partial charge on any atom is 0.269 e. The summed E-state index contributed by atoms with van der Waals surface area (Å²) in [5.74, 6) is 0.532. The van der Waals surface area contributed by atoms with E-state index < -0.39 is 12.6 Å². The van der Waals surface area contributed by atoms with Crippen molar-refractivity contribution in [2.75, 3.05) is 20.8 Å². The van der Waals surface area contributed by atoms with E-state index in [0.717, 1.165) is 11.3 Å². The van der Waals surface area contributed by atoms with E-state index in [-0.39, 0.29) is 16.7 Å². The molecule has 0 atom stereocenters. The molecule has 1 aromatic heterocycles. The lowest BCUT2D eigenvalue weighted by atomic mass is 10.2. The fraction of sp³-hybridized carbons (Fsp3) is 0.150. The molecule has 150 valence electrons. The molecule has 0 aliphatic heterocycles. The number of carbonyl (C=O) groups is 1. The molecule has 0 bridgehead atoms. The number of halogens is 1. The van der Waals surface area contributed by atoms with E-state index in [9.17, 15) is 9.90 Å². The number of hydrogen-bond acceptors (Lipinski definition) is 8. The van der Waals surface area contributed by atoms with Crippen LogP contribution in [-0.4, -0.2) is 36.9 Å². The highest BCUT2D eigenvalue weighted by molar-refractivity contribution is 6.50. The number of aromatic nitrogens is 2. The van der Waals surface area contributed by atoms with E-state index in [1.807, 2.05) is 0 Å². The molecule has 0 aliphatic carbocycles. The zero-order chi connectivity index (χ0) is 20.8. The first kappa shape index (κ1) is 20.2. The summed E-state index contributed by atoms with van der Waals surface area (Å²) in [5.41, 5.74) is 1.42. The third-order valence-electron chi connectivity index (χ3n) is 3.81. The van der Waals surface area contributed by atoms with Crippen LogP contribution < -0.4 is 19.3 Å². The number of carboxylic acids is 1. The van der Waals surface area contributed by atoms with Gasteiger partial charge in [-0.05, 0) is 48.0 Å². The van der Waals surface area contributed by atoms with Gasteiger partial charge in [-0.3, -0.25) is 0 Å². The van der Waals surface area contributed by atoms with Crippen molar-refractivity contribution in [3.63, 3.8) is 0 Å². The quantitative estimate of drug-likeness (QED) is 0.552. The Morgan fingerprint density at radius 1 is 1.14 bits per heavy atom. The average Bonchev–Trinajstić information content (AvgIpc) is 3.23. The van der Waals surface area contributed by atoms with Crippen LogP contribution >= 0.6 is 11.6 Å². The topological polar surface area (TPSA) is 107 Å². The molecule has 0 amide bonds. The number of benzene rings is 2. The minimum absolute atomic E-state index is 0.147. The number of aliphatic carboxylic acids is 1. The van der Waals surface area contributed by atoms with Crippen molar-refractivity contribution in [1.82, 2.24) is 10.1 Å². The Kier molecular flexibility index (Phi) is 6.36.